The van der Waals surface area contributed by atoms with Crippen molar-refractivity contribution >= 4 is 27.5 Å². The molecule has 0 N–H and O–H groups in total. The molecule has 0 saturated heterocycles. The number of ether oxygens (including phenoxy) is 1. The molecule has 8 heteroatoms. The largest absolute Gasteiger partial charge is 0.451 e. The summed E-state index contributed by atoms with van der Waals surface area (Å²) in [5.74, 6) is 0.0991. The minimum Gasteiger partial charge on any atom is -0.451 e. The van der Waals surface area contributed by atoms with Crippen molar-refractivity contribution in [2.45, 2.75) is 13.5 Å². The lowest BCUT2D eigenvalue weighted by atomic mass is 10.2. The number of aromatic nitrogens is 4. The van der Waals surface area contributed by atoms with E-state index >= 15 is 0 Å². The minimum atomic E-state index is -0.548. The van der Waals surface area contributed by atoms with Crippen LogP contribution in [0, 0.1) is 6.92 Å². The molecule has 3 aromatic heterocycles. The van der Waals surface area contributed by atoms with E-state index < -0.39 is 5.97 Å². The lowest BCUT2D eigenvalue weighted by Gasteiger charge is -1.97. The van der Waals surface area contributed by atoms with Crippen LogP contribution in [0.15, 0.2) is 57.8 Å². The van der Waals surface area contributed by atoms with E-state index in [1.807, 2.05) is 49.5 Å². The zero-order valence-electron chi connectivity index (χ0n) is 13.7. The molecule has 0 aliphatic rings. The summed E-state index contributed by atoms with van der Waals surface area (Å²) in [7, 11) is 0. The third-order valence-electron chi connectivity index (χ3n) is 3.70. The summed E-state index contributed by atoms with van der Waals surface area (Å²) in [4.78, 5) is 20.7. The van der Waals surface area contributed by atoms with Gasteiger partial charge in [-0.3, -0.25) is 0 Å². The van der Waals surface area contributed by atoms with Gasteiger partial charge in [0.25, 0.3) is 5.89 Å². The Morgan fingerprint density at radius 1 is 1.27 bits per heavy atom. The Labute approximate surface area is 156 Å². The second kappa shape index (κ2) is 6.72. The van der Waals surface area contributed by atoms with E-state index in [1.165, 1.54) is 0 Å². The Hall–Kier alpha value is -3.00. The molecule has 26 heavy (non-hydrogen) atoms. The van der Waals surface area contributed by atoms with E-state index in [4.69, 9.17) is 9.26 Å². The number of fused-ring (bicyclic) bond motifs is 1. The molecular weight excluding hydrogens is 400 g/mol. The van der Waals surface area contributed by atoms with Crippen LogP contribution in [0.25, 0.3) is 17.0 Å². The highest BCUT2D eigenvalue weighted by molar-refractivity contribution is 9.10. The summed E-state index contributed by atoms with van der Waals surface area (Å²) in [5.41, 5.74) is 2.78. The minimum absolute atomic E-state index is 0.118. The van der Waals surface area contributed by atoms with Gasteiger partial charge in [0.1, 0.15) is 5.65 Å². The van der Waals surface area contributed by atoms with Gasteiger partial charge in [0, 0.05) is 22.4 Å². The number of hydrogen-bond acceptors (Lipinski definition) is 6. The molecule has 0 aliphatic carbocycles. The molecule has 0 unspecified atom stereocenters. The Balaban J connectivity index is 1.45. The fraction of sp³-hybridized carbons (Fsp3) is 0.111. The highest BCUT2D eigenvalue weighted by atomic mass is 79.9. The maximum atomic E-state index is 12.2. The average molecular weight is 413 g/mol. The summed E-state index contributed by atoms with van der Waals surface area (Å²) in [6.07, 6.45) is 3.47. The molecule has 0 spiro atoms. The number of imidazole rings is 1. The van der Waals surface area contributed by atoms with E-state index in [0.717, 1.165) is 15.6 Å². The third kappa shape index (κ3) is 3.36. The van der Waals surface area contributed by atoms with Crippen LogP contribution in [0.1, 0.15) is 21.9 Å². The lowest BCUT2D eigenvalue weighted by molar-refractivity contribution is 0.0423. The second-order valence-electron chi connectivity index (χ2n) is 5.69. The number of carbonyl (C=O) groups is 1. The van der Waals surface area contributed by atoms with Crippen LogP contribution >= 0.6 is 15.9 Å². The normalized spacial score (nSPS) is 11.0. The van der Waals surface area contributed by atoms with Crippen LogP contribution in [0.3, 0.4) is 0 Å². The molecule has 0 aliphatic heterocycles. The molecule has 1 aromatic carbocycles. The zero-order valence-corrected chi connectivity index (χ0v) is 15.3. The summed E-state index contributed by atoms with van der Waals surface area (Å²) >= 11 is 3.40. The van der Waals surface area contributed by atoms with Gasteiger partial charge in [-0.05, 0) is 36.8 Å². The number of nitrogens with zero attached hydrogens (tertiary/aromatic N) is 4. The number of carbonyl (C=O) groups excluding carboxylic acids is 1. The van der Waals surface area contributed by atoms with Crippen molar-refractivity contribution in [3.8, 4) is 11.4 Å². The first-order chi connectivity index (χ1) is 12.6. The fourth-order valence-corrected chi connectivity index (χ4v) is 2.84. The van der Waals surface area contributed by atoms with Crippen molar-refractivity contribution in [2.24, 2.45) is 0 Å². The summed E-state index contributed by atoms with van der Waals surface area (Å²) in [6.45, 7) is 1.85. The van der Waals surface area contributed by atoms with Crippen LogP contribution in [0.2, 0.25) is 0 Å². The maximum Gasteiger partial charge on any atom is 0.359 e. The van der Waals surface area contributed by atoms with Crippen molar-refractivity contribution in [3.63, 3.8) is 0 Å². The zero-order chi connectivity index (χ0) is 18.1. The van der Waals surface area contributed by atoms with Gasteiger partial charge in [0.05, 0.1) is 0 Å². The molecule has 3 heterocycles. The Bertz CT molecular complexity index is 1100. The first kappa shape index (κ1) is 16.5. The Kier molecular flexibility index (Phi) is 4.26. The van der Waals surface area contributed by atoms with Crippen LogP contribution in [-0.4, -0.2) is 25.5 Å². The fourth-order valence-electron chi connectivity index (χ4n) is 2.44. The number of pyridine rings is 1. The molecular formula is C18H13BrN4O3. The van der Waals surface area contributed by atoms with Crippen molar-refractivity contribution in [1.82, 2.24) is 19.5 Å². The third-order valence-corrected chi connectivity index (χ3v) is 4.20. The standard InChI is InChI=1S/C18H13BrN4O3/c1-11-5-6-23-9-14(20-15(23)7-11)18(24)25-10-16-21-17(22-26-16)12-3-2-4-13(19)8-12/h2-9H,10H2,1H3. The van der Waals surface area contributed by atoms with Crippen LogP contribution < -0.4 is 0 Å². The van der Waals surface area contributed by atoms with Crippen LogP contribution in [0.5, 0.6) is 0 Å². The number of esters is 1. The number of benzene rings is 1. The second-order valence-corrected chi connectivity index (χ2v) is 6.61. The van der Waals surface area contributed by atoms with Crippen LogP contribution in [-0.2, 0) is 11.3 Å². The van der Waals surface area contributed by atoms with Gasteiger partial charge in [-0.1, -0.05) is 33.2 Å². The van der Waals surface area contributed by atoms with E-state index in [-0.39, 0.29) is 18.2 Å². The number of hydrogen-bond donors (Lipinski definition) is 0. The SMILES string of the molecule is Cc1ccn2cc(C(=O)OCc3nc(-c4cccc(Br)c4)no3)nc2c1. The van der Waals surface area contributed by atoms with E-state index in [9.17, 15) is 4.79 Å². The first-order valence-electron chi connectivity index (χ1n) is 7.79. The number of halogens is 1. The molecule has 130 valence electrons. The molecule has 4 aromatic rings. The molecule has 0 fully saturated rings. The van der Waals surface area contributed by atoms with Crippen molar-refractivity contribution in [2.75, 3.05) is 0 Å². The van der Waals surface area contributed by atoms with Crippen LogP contribution in [0.4, 0.5) is 0 Å². The van der Waals surface area contributed by atoms with Gasteiger partial charge in [0.2, 0.25) is 5.82 Å². The smallest absolute Gasteiger partial charge is 0.359 e. The number of rotatable bonds is 4. The topological polar surface area (TPSA) is 82.5 Å². The van der Waals surface area contributed by atoms with Crippen molar-refractivity contribution in [1.29, 1.82) is 0 Å². The van der Waals surface area contributed by atoms with Gasteiger partial charge in [0.15, 0.2) is 12.3 Å². The predicted molar refractivity (Wildman–Crippen MR) is 96.5 cm³/mol. The molecule has 0 amide bonds. The summed E-state index contributed by atoms with van der Waals surface area (Å²) in [5, 5.41) is 3.90. The highest BCUT2D eigenvalue weighted by Gasteiger charge is 2.15. The van der Waals surface area contributed by atoms with Gasteiger partial charge < -0.3 is 13.7 Å². The van der Waals surface area contributed by atoms with Gasteiger partial charge in [-0.2, -0.15) is 4.98 Å². The highest BCUT2D eigenvalue weighted by Crippen LogP contribution is 2.20. The Morgan fingerprint density at radius 2 is 2.15 bits per heavy atom. The molecule has 0 bridgehead atoms. The predicted octanol–water partition coefficient (Wildman–Crippen LogP) is 3.81. The van der Waals surface area contributed by atoms with E-state index in [1.54, 1.807) is 10.6 Å². The quantitative estimate of drug-likeness (QED) is 0.474. The Morgan fingerprint density at radius 3 is 3.00 bits per heavy atom. The van der Waals surface area contributed by atoms with Crippen molar-refractivity contribution < 1.29 is 14.1 Å². The van der Waals surface area contributed by atoms with Gasteiger partial charge in [-0.25, -0.2) is 9.78 Å². The van der Waals surface area contributed by atoms with E-state index in [2.05, 4.69) is 31.1 Å². The maximum absolute atomic E-state index is 12.2. The lowest BCUT2D eigenvalue weighted by Crippen LogP contribution is -2.05. The average Bonchev–Trinajstić information content (AvgIpc) is 3.26. The van der Waals surface area contributed by atoms with Gasteiger partial charge in [-0.15, -0.1) is 0 Å². The molecule has 0 radical (unpaired) electrons. The van der Waals surface area contributed by atoms with Gasteiger partial charge >= 0.3 is 5.97 Å². The van der Waals surface area contributed by atoms with E-state index in [0.29, 0.717) is 11.5 Å². The van der Waals surface area contributed by atoms with Crippen molar-refractivity contribution in [3.05, 3.63) is 70.4 Å². The molecule has 4 rings (SSSR count). The molecule has 7 nitrogen and oxygen atoms in total. The summed E-state index contributed by atoms with van der Waals surface area (Å²) < 4.78 is 13.0. The number of aryl methyl sites for hydroxylation is 1. The summed E-state index contributed by atoms with van der Waals surface area (Å²) in [6, 6.07) is 11.3. The molecule has 0 atom stereocenters. The monoisotopic (exact) mass is 412 g/mol. The molecule has 0 saturated carbocycles. The first-order valence-corrected chi connectivity index (χ1v) is 8.59.